The van der Waals surface area contributed by atoms with Crippen molar-refractivity contribution in [2.75, 3.05) is 6.26 Å². The molecule has 96 valence electrons. The predicted molar refractivity (Wildman–Crippen MR) is 68.6 cm³/mol. The van der Waals surface area contributed by atoms with Crippen molar-refractivity contribution in [1.29, 1.82) is 5.26 Å². The van der Waals surface area contributed by atoms with Crippen LogP contribution in [0.2, 0.25) is 0 Å². The molecule has 0 saturated heterocycles. The average molecular weight is 274 g/mol. The molecule has 2 rings (SSSR count). The third kappa shape index (κ3) is 3.30. The summed E-state index contributed by atoms with van der Waals surface area (Å²) < 4.78 is 28.0. The van der Waals surface area contributed by atoms with E-state index in [0.29, 0.717) is 11.3 Å². The third-order valence-corrected chi connectivity index (χ3v) is 3.44. The van der Waals surface area contributed by atoms with Gasteiger partial charge in [-0.1, -0.05) is 0 Å². The molecule has 0 N–H and O–H groups in total. The third-order valence-electron chi connectivity index (χ3n) is 2.34. The van der Waals surface area contributed by atoms with Gasteiger partial charge in [-0.3, -0.25) is 0 Å². The fourth-order valence-corrected chi connectivity index (χ4v) is 1.92. The van der Waals surface area contributed by atoms with Crippen LogP contribution in [0, 0.1) is 11.3 Å². The van der Waals surface area contributed by atoms with Crippen LogP contribution < -0.4 is 4.74 Å². The van der Waals surface area contributed by atoms with Gasteiger partial charge in [0.05, 0.1) is 16.5 Å². The van der Waals surface area contributed by atoms with E-state index in [4.69, 9.17) is 10.00 Å². The smallest absolute Gasteiger partial charge is 0.219 e. The van der Waals surface area contributed by atoms with E-state index in [0.717, 1.165) is 6.26 Å². The topological polar surface area (TPSA) is 80.0 Å². The van der Waals surface area contributed by atoms with Gasteiger partial charge in [0, 0.05) is 18.5 Å². The molecule has 0 fully saturated rings. The Bertz CT molecular complexity index is 714. The number of hydrogen-bond donors (Lipinski definition) is 0. The van der Waals surface area contributed by atoms with E-state index in [-0.39, 0.29) is 10.8 Å². The molecule has 0 unspecified atom stereocenters. The molecule has 19 heavy (non-hydrogen) atoms. The number of nitrogens with zero attached hydrogens (tertiary/aromatic N) is 2. The lowest BCUT2D eigenvalue weighted by molar-refractivity contribution is 0.462. The van der Waals surface area contributed by atoms with Crippen LogP contribution in [0.4, 0.5) is 0 Å². The molecule has 0 spiro atoms. The molecule has 5 nitrogen and oxygen atoms in total. The Morgan fingerprint density at radius 3 is 2.32 bits per heavy atom. The quantitative estimate of drug-likeness (QED) is 0.856. The van der Waals surface area contributed by atoms with Gasteiger partial charge in [0.1, 0.15) is 5.75 Å². The summed E-state index contributed by atoms with van der Waals surface area (Å²) >= 11 is 0. The molecular formula is C13H10N2O3S. The SMILES string of the molecule is CS(=O)(=O)c1ccc(Oc2ccc(C#N)cc2)nc1. The zero-order valence-corrected chi connectivity index (χ0v) is 10.9. The van der Waals surface area contributed by atoms with E-state index in [2.05, 4.69) is 4.98 Å². The van der Waals surface area contributed by atoms with E-state index >= 15 is 0 Å². The molecule has 1 heterocycles. The number of hydrogen-bond acceptors (Lipinski definition) is 5. The van der Waals surface area contributed by atoms with Crippen molar-refractivity contribution in [2.24, 2.45) is 0 Å². The largest absolute Gasteiger partial charge is 0.439 e. The number of pyridine rings is 1. The van der Waals surface area contributed by atoms with Gasteiger partial charge in [-0.2, -0.15) is 5.26 Å². The van der Waals surface area contributed by atoms with E-state index in [1.165, 1.54) is 18.3 Å². The molecule has 0 amide bonds. The monoisotopic (exact) mass is 274 g/mol. The van der Waals surface area contributed by atoms with Crippen molar-refractivity contribution in [2.45, 2.75) is 4.90 Å². The maximum atomic E-state index is 11.3. The lowest BCUT2D eigenvalue weighted by atomic mass is 10.2. The van der Waals surface area contributed by atoms with E-state index in [9.17, 15) is 8.42 Å². The van der Waals surface area contributed by atoms with Crippen LogP contribution in [0.25, 0.3) is 0 Å². The lowest BCUT2D eigenvalue weighted by Crippen LogP contribution is -1.98. The van der Waals surface area contributed by atoms with Gasteiger partial charge >= 0.3 is 0 Å². The second kappa shape index (κ2) is 5.08. The first-order valence-corrected chi connectivity index (χ1v) is 7.22. The second-order valence-electron chi connectivity index (χ2n) is 3.84. The molecule has 1 aromatic heterocycles. The Morgan fingerprint density at radius 2 is 1.84 bits per heavy atom. The fraction of sp³-hybridized carbons (Fsp3) is 0.0769. The fourth-order valence-electron chi connectivity index (χ4n) is 1.36. The highest BCUT2D eigenvalue weighted by molar-refractivity contribution is 7.90. The number of benzene rings is 1. The summed E-state index contributed by atoms with van der Waals surface area (Å²) in [6.07, 6.45) is 2.36. The Labute approximate surface area is 111 Å². The molecule has 1 aromatic carbocycles. The summed E-state index contributed by atoms with van der Waals surface area (Å²) in [6.45, 7) is 0. The maximum Gasteiger partial charge on any atom is 0.219 e. The zero-order valence-electron chi connectivity index (χ0n) is 10.1. The first-order chi connectivity index (χ1) is 8.99. The normalized spacial score (nSPS) is 10.7. The molecule has 0 aliphatic rings. The summed E-state index contributed by atoms with van der Waals surface area (Å²) in [5.74, 6) is 0.815. The van der Waals surface area contributed by atoms with Gasteiger partial charge < -0.3 is 4.74 Å². The summed E-state index contributed by atoms with van der Waals surface area (Å²) in [6, 6.07) is 11.5. The van der Waals surface area contributed by atoms with Gasteiger partial charge in [-0.25, -0.2) is 13.4 Å². The van der Waals surface area contributed by atoms with Crippen LogP contribution in [0.3, 0.4) is 0 Å². The van der Waals surface area contributed by atoms with Crippen LogP contribution in [0.1, 0.15) is 5.56 Å². The Hall–Kier alpha value is -2.39. The molecule has 0 atom stereocenters. The summed E-state index contributed by atoms with van der Waals surface area (Å²) in [4.78, 5) is 4.06. The van der Waals surface area contributed by atoms with Crippen molar-refractivity contribution in [3.63, 3.8) is 0 Å². The maximum absolute atomic E-state index is 11.3. The van der Waals surface area contributed by atoms with Gasteiger partial charge in [0.2, 0.25) is 5.88 Å². The number of aromatic nitrogens is 1. The second-order valence-corrected chi connectivity index (χ2v) is 5.86. The van der Waals surface area contributed by atoms with Crippen molar-refractivity contribution >= 4 is 9.84 Å². The van der Waals surface area contributed by atoms with Crippen LogP contribution >= 0.6 is 0 Å². The number of sulfone groups is 1. The molecule has 0 bridgehead atoms. The highest BCUT2D eigenvalue weighted by atomic mass is 32.2. The molecule has 6 heteroatoms. The summed E-state index contributed by atoms with van der Waals surface area (Å²) in [5.41, 5.74) is 0.535. The van der Waals surface area contributed by atoms with E-state index < -0.39 is 9.84 Å². The minimum absolute atomic E-state index is 0.139. The zero-order chi connectivity index (χ0) is 13.9. The highest BCUT2D eigenvalue weighted by Crippen LogP contribution is 2.20. The first-order valence-electron chi connectivity index (χ1n) is 5.33. The minimum Gasteiger partial charge on any atom is -0.439 e. The number of ether oxygens (including phenoxy) is 1. The molecule has 0 radical (unpaired) electrons. The van der Waals surface area contributed by atoms with Gasteiger partial charge in [-0.15, -0.1) is 0 Å². The average Bonchev–Trinajstić information content (AvgIpc) is 2.39. The summed E-state index contributed by atoms with van der Waals surface area (Å²) in [7, 11) is -3.26. The Morgan fingerprint density at radius 1 is 1.16 bits per heavy atom. The van der Waals surface area contributed by atoms with Crippen molar-refractivity contribution in [1.82, 2.24) is 4.98 Å². The van der Waals surface area contributed by atoms with Crippen molar-refractivity contribution in [3.05, 3.63) is 48.2 Å². The van der Waals surface area contributed by atoms with E-state index in [1.807, 2.05) is 6.07 Å². The van der Waals surface area contributed by atoms with Crippen molar-refractivity contribution < 1.29 is 13.2 Å². The van der Waals surface area contributed by atoms with Crippen LogP contribution in [0.15, 0.2) is 47.5 Å². The Balaban J connectivity index is 2.17. The van der Waals surface area contributed by atoms with Crippen molar-refractivity contribution in [3.8, 4) is 17.7 Å². The highest BCUT2D eigenvalue weighted by Gasteiger charge is 2.07. The lowest BCUT2D eigenvalue weighted by Gasteiger charge is -2.05. The minimum atomic E-state index is -3.26. The van der Waals surface area contributed by atoms with Gasteiger partial charge in [0.25, 0.3) is 0 Å². The number of rotatable bonds is 3. The van der Waals surface area contributed by atoms with Crippen LogP contribution in [-0.4, -0.2) is 19.7 Å². The molecular weight excluding hydrogens is 264 g/mol. The molecule has 0 aliphatic carbocycles. The van der Waals surface area contributed by atoms with Gasteiger partial charge in [-0.05, 0) is 30.3 Å². The Kier molecular flexibility index (Phi) is 3.49. The van der Waals surface area contributed by atoms with E-state index in [1.54, 1.807) is 24.3 Å². The molecule has 0 saturated carbocycles. The summed E-state index contributed by atoms with van der Waals surface area (Å²) in [5, 5.41) is 8.66. The first kappa shape index (κ1) is 13.1. The standard InChI is InChI=1S/C13H10N2O3S/c1-19(16,17)12-6-7-13(15-9-12)18-11-4-2-10(8-14)3-5-11/h2-7,9H,1H3. The molecule has 0 aliphatic heterocycles. The van der Waals surface area contributed by atoms with Crippen LogP contribution in [0.5, 0.6) is 11.6 Å². The molecule has 2 aromatic rings. The van der Waals surface area contributed by atoms with Gasteiger partial charge in [0.15, 0.2) is 9.84 Å². The predicted octanol–water partition coefficient (Wildman–Crippen LogP) is 2.15. The van der Waals surface area contributed by atoms with Crippen LogP contribution in [-0.2, 0) is 9.84 Å². The number of nitriles is 1.